The van der Waals surface area contributed by atoms with Crippen molar-refractivity contribution in [1.29, 1.82) is 0 Å². The van der Waals surface area contributed by atoms with E-state index in [9.17, 15) is 0 Å². The number of hydrogen-bond acceptors (Lipinski definition) is 2. The van der Waals surface area contributed by atoms with Gasteiger partial charge in [-0.3, -0.25) is 0 Å². The maximum atomic E-state index is 3.64. The van der Waals surface area contributed by atoms with Crippen LogP contribution >= 0.6 is 11.3 Å². The summed E-state index contributed by atoms with van der Waals surface area (Å²) in [4.78, 5) is 2.87. The first-order valence-electron chi connectivity index (χ1n) is 6.90. The first-order valence-corrected chi connectivity index (χ1v) is 7.71. The summed E-state index contributed by atoms with van der Waals surface area (Å²) in [5, 5.41) is 3.64. The Bertz CT molecular complexity index is 522. The van der Waals surface area contributed by atoms with Gasteiger partial charge in [0.1, 0.15) is 0 Å². The van der Waals surface area contributed by atoms with E-state index in [4.69, 9.17) is 0 Å². The van der Waals surface area contributed by atoms with Gasteiger partial charge in [-0.1, -0.05) is 18.2 Å². The summed E-state index contributed by atoms with van der Waals surface area (Å²) < 4.78 is 0. The quantitative estimate of drug-likeness (QED) is 0.851. The molecule has 0 saturated heterocycles. The molecule has 1 unspecified atom stereocenters. The summed E-state index contributed by atoms with van der Waals surface area (Å²) in [5.74, 6) is 0. The van der Waals surface area contributed by atoms with E-state index >= 15 is 0 Å². The van der Waals surface area contributed by atoms with Crippen molar-refractivity contribution in [3.8, 4) is 0 Å². The van der Waals surface area contributed by atoms with Crippen molar-refractivity contribution >= 4 is 11.3 Å². The van der Waals surface area contributed by atoms with Crippen LogP contribution in [0.4, 0.5) is 0 Å². The molecule has 2 heteroatoms. The lowest BCUT2D eigenvalue weighted by atomic mass is 10.0. The van der Waals surface area contributed by atoms with Gasteiger partial charge < -0.3 is 5.32 Å². The fourth-order valence-corrected chi connectivity index (χ4v) is 3.39. The van der Waals surface area contributed by atoms with Crippen LogP contribution in [0.1, 0.15) is 33.4 Å². The van der Waals surface area contributed by atoms with Gasteiger partial charge in [-0.25, -0.2) is 0 Å². The lowest BCUT2D eigenvalue weighted by Gasteiger charge is -2.16. The SMILES string of the molecule is Cc1ccc(CC(C)NCc2c(C)cccc2C)s1. The van der Waals surface area contributed by atoms with Gasteiger partial charge >= 0.3 is 0 Å². The minimum absolute atomic E-state index is 0.511. The maximum absolute atomic E-state index is 3.64. The van der Waals surface area contributed by atoms with Crippen LogP contribution in [0.25, 0.3) is 0 Å². The van der Waals surface area contributed by atoms with Crippen LogP contribution in [-0.4, -0.2) is 6.04 Å². The molecular formula is C17H23NS. The summed E-state index contributed by atoms with van der Waals surface area (Å²) in [6, 6.07) is 11.5. The van der Waals surface area contributed by atoms with Crippen LogP contribution in [0.5, 0.6) is 0 Å². The van der Waals surface area contributed by atoms with Crippen molar-refractivity contribution in [2.45, 2.75) is 46.7 Å². The van der Waals surface area contributed by atoms with Gasteiger partial charge in [0.05, 0.1) is 0 Å². The van der Waals surface area contributed by atoms with Crippen LogP contribution in [0.2, 0.25) is 0 Å². The van der Waals surface area contributed by atoms with Crippen molar-refractivity contribution in [1.82, 2.24) is 5.32 Å². The fourth-order valence-electron chi connectivity index (χ4n) is 2.37. The third kappa shape index (κ3) is 3.92. The van der Waals surface area contributed by atoms with Crippen LogP contribution in [0.3, 0.4) is 0 Å². The van der Waals surface area contributed by atoms with Crippen LogP contribution in [-0.2, 0) is 13.0 Å². The normalized spacial score (nSPS) is 12.6. The highest BCUT2D eigenvalue weighted by atomic mass is 32.1. The van der Waals surface area contributed by atoms with Gasteiger partial charge in [0.2, 0.25) is 0 Å². The van der Waals surface area contributed by atoms with Crippen molar-refractivity contribution in [2.75, 3.05) is 0 Å². The predicted molar refractivity (Wildman–Crippen MR) is 85.0 cm³/mol. The fraction of sp³-hybridized carbons (Fsp3) is 0.412. The molecule has 1 aromatic heterocycles. The molecule has 102 valence electrons. The Morgan fingerprint density at radius 3 is 2.32 bits per heavy atom. The number of rotatable bonds is 5. The Balaban J connectivity index is 1.91. The van der Waals surface area contributed by atoms with Gasteiger partial charge in [0, 0.05) is 22.3 Å². The highest BCUT2D eigenvalue weighted by Gasteiger charge is 2.07. The topological polar surface area (TPSA) is 12.0 Å². The Morgan fingerprint density at radius 2 is 1.74 bits per heavy atom. The van der Waals surface area contributed by atoms with Crippen molar-refractivity contribution in [3.63, 3.8) is 0 Å². The zero-order valence-electron chi connectivity index (χ0n) is 12.3. The Hall–Kier alpha value is -1.12. The van der Waals surface area contributed by atoms with E-state index in [2.05, 4.69) is 63.3 Å². The second-order valence-corrected chi connectivity index (χ2v) is 6.74. The Labute approximate surface area is 120 Å². The molecule has 0 spiro atoms. The molecule has 0 aliphatic rings. The van der Waals surface area contributed by atoms with Crippen molar-refractivity contribution < 1.29 is 0 Å². The minimum Gasteiger partial charge on any atom is -0.310 e. The molecule has 0 amide bonds. The Kier molecular flexibility index (Phi) is 4.78. The molecule has 0 radical (unpaired) electrons. The zero-order valence-corrected chi connectivity index (χ0v) is 13.1. The number of aryl methyl sites for hydroxylation is 3. The minimum atomic E-state index is 0.511. The second kappa shape index (κ2) is 6.36. The largest absolute Gasteiger partial charge is 0.310 e. The third-order valence-corrected chi connectivity index (χ3v) is 4.60. The molecule has 1 atom stereocenters. The van der Waals surface area contributed by atoms with E-state index in [0.29, 0.717) is 6.04 Å². The average Bonchev–Trinajstić information content (AvgIpc) is 2.74. The Morgan fingerprint density at radius 1 is 1.05 bits per heavy atom. The number of thiophene rings is 1. The van der Waals surface area contributed by atoms with Gasteiger partial charge in [0.25, 0.3) is 0 Å². The monoisotopic (exact) mass is 273 g/mol. The molecule has 1 heterocycles. The van der Waals surface area contributed by atoms with E-state index in [1.807, 2.05) is 11.3 Å². The molecule has 0 aliphatic carbocycles. The highest BCUT2D eigenvalue weighted by Crippen LogP contribution is 2.17. The lowest BCUT2D eigenvalue weighted by Crippen LogP contribution is -2.27. The van der Waals surface area contributed by atoms with E-state index in [0.717, 1.165) is 13.0 Å². The summed E-state index contributed by atoms with van der Waals surface area (Å²) >= 11 is 1.90. The third-order valence-electron chi connectivity index (χ3n) is 3.58. The molecule has 1 nitrogen and oxygen atoms in total. The van der Waals surface area contributed by atoms with Gasteiger partial charge in [-0.15, -0.1) is 11.3 Å². The predicted octanol–water partition coefficient (Wildman–Crippen LogP) is 4.39. The summed E-state index contributed by atoms with van der Waals surface area (Å²) in [6.45, 7) is 9.78. The van der Waals surface area contributed by atoms with Crippen LogP contribution in [0.15, 0.2) is 30.3 Å². The summed E-state index contributed by atoms with van der Waals surface area (Å²) in [7, 11) is 0. The first kappa shape index (κ1) is 14.3. The number of nitrogens with one attached hydrogen (secondary N) is 1. The van der Waals surface area contributed by atoms with Gasteiger partial charge in [-0.05, 0) is 62.9 Å². The summed E-state index contributed by atoms with van der Waals surface area (Å²) in [5.41, 5.74) is 4.20. The molecular weight excluding hydrogens is 250 g/mol. The average molecular weight is 273 g/mol. The first-order chi connectivity index (χ1) is 9.06. The molecule has 2 rings (SSSR count). The van der Waals surface area contributed by atoms with Gasteiger partial charge in [0.15, 0.2) is 0 Å². The molecule has 19 heavy (non-hydrogen) atoms. The number of hydrogen-bond donors (Lipinski definition) is 1. The molecule has 0 saturated carbocycles. The maximum Gasteiger partial charge on any atom is 0.0213 e. The van der Waals surface area contributed by atoms with E-state index in [1.54, 1.807) is 0 Å². The summed E-state index contributed by atoms with van der Waals surface area (Å²) in [6.07, 6.45) is 1.11. The molecule has 0 aliphatic heterocycles. The molecule has 1 aromatic carbocycles. The number of benzene rings is 1. The zero-order chi connectivity index (χ0) is 13.8. The molecule has 0 fully saturated rings. The van der Waals surface area contributed by atoms with Crippen molar-refractivity contribution in [3.05, 3.63) is 56.8 Å². The second-order valence-electron chi connectivity index (χ2n) is 5.37. The van der Waals surface area contributed by atoms with Crippen LogP contribution < -0.4 is 5.32 Å². The van der Waals surface area contributed by atoms with Crippen molar-refractivity contribution in [2.24, 2.45) is 0 Å². The lowest BCUT2D eigenvalue weighted by molar-refractivity contribution is 0.546. The molecule has 2 aromatic rings. The standard InChI is InChI=1S/C17H23NS/c1-12-6-5-7-13(2)17(12)11-18-14(3)10-16-9-8-15(4)19-16/h5-9,14,18H,10-11H2,1-4H3. The molecule has 0 bridgehead atoms. The van der Waals surface area contributed by atoms with E-state index < -0.39 is 0 Å². The highest BCUT2D eigenvalue weighted by molar-refractivity contribution is 7.11. The van der Waals surface area contributed by atoms with E-state index in [-0.39, 0.29) is 0 Å². The van der Waals surface area contributed by atoms with Gasteiger partial charge in [-0.2, -0.15) is 0 Å². The molecule has 1 N–H and O–H groups in total. The van der Waals surface area contributed by atoms with Crippen LogP contribution in [0, 0.1) is 20.8 Å². The van der Waals surface area contributed by atoms with E-state index in [1.165, 1.54) is 26.4 Å². The smallest absolute Gasteiger partial charge is 0.0213 e.